The van der Waals surface area contributed by atoms with E-state index in [0.717, 1.165) is 0 Å². The SMILES string of the molecule is C=C(C)C(=O)OC(COP(=O)(OCC(OC(=O)C(=C)C)OC(=O)C(=C)C)OCC(OC(=O)C(=C)C)OC(=O)C(=C)C)OC(=O)C(=C)C. The molecule has 0 heterocycles. The highest BCUT2D eigenvalue weighted by atomic mass is 31.2. The summed E-state index contributed by atoms with van der Waals surface area (Å²) in [6, 6.07) is 0. The first kappa shape index (κ1) is 42.4. The van der Waals surface area contributed by atoms with Crippen LogP contribution >= 0.6 is 7.82 Å². The first-order chi connectivity index (χ1) is 21.6. The molecule has 0 saturated carbocycles. The Kier molecular flexibility index (Phi) is 17.8. The van der Waals surface area contributed by atoms with Gasteiger partial charge >= 0.3 is 43.6 Å². The summed E-state index contributed by atoms with van der Waals surface area (Å²) in [5, 5.41) is 0. The second-order valence-corrected chi connectivity index (χ2v) is 11.4. The number of phosphoric ester groups is 1. The molecule has 0 aliphatic carbocycles. The van der Waals surface area contributed by atoms with E-state index in [-0.39, 0.29) is 33.4 Å². The Morgan fingerprint density at radius 2 is 0.553 bits per heavy atom. The Bertz CT molecular complexity index is 1130. The third kappa shape index (κ3) is 17.0. The maximum atomic E-state index is 13.8. The number of ether oxygens (including phenoxy) is 6. The van der Waals surface area contributed by atoms with Crippen LogP contribution in [0.5, 0.6) is 0 Å². The number of esters is 6. The topological polar surface area (TPSA) is 203 Å². The van der Waals surface area contributed by atoms with Gasteiger partial charge in [-0.3, -0.25) is 13.6 Å². The molecule has 0 rings (SSSR count). The van der Waals surface area contributed by atoms with E-state index in [1.807, 2.05) is 0 Å². The second-order valence-electron chi connectivity index (χ2n) is 9.74. The predicted molar refractivity (Wildman–Crippen MR) is 162 cm³/mol. The molecule has 0 aromatic carbocycles. The lowest BCUT2D eigenvalue weighted by molar-refractivity contribution is -0.191. The lowest BCUT2D eigenvalue weighted by atomic mass is 10.3. The van der Waals surface area contributed by atoms with E-state index in [9.17, 15) is 33.3 Å². The molecule has 0 bridgehead atoms. The van der Waals surface area contributed by atoms with Crippen LogP contribution in [0.25, 0.3) is 0 Å². The van der Waals surface area contributed by atoms with Crippen molar-refractivity contribution in [3.63, 3.8) is 0 Å². The van der Waals surface area contributed by atoms with Crippen LogP contribution in [-0.2, 0) is 75.3 Å². The fraction of sp³-hybridized carbons (Fsp3) is 0.400. The lowest BCUT2D eigenvalue weighted by Gasteiger charge is -2.25. The van der Waals surface area contributed by atoms with Crippen molar-refractivity contribution in [3.05, 3.63) is 72.9 Å². The quantitative estimate of drug-likeness (QED) is 0.0553. The lowest BCUT2D eigenvalue weighted by Crippen LogP contribution is -2.32. The van der Waals surface area contributed by atoms with Crippen molar-refractivity contribution in [1.29, 1.82) is 0 Å². The van der Waals surface area contributed by atoms with E-state index in [4.69, 9.17) is 42.0 Å². The van der Waals surface area contributed by atoms with Gasteiger partial charge in [-0.25, -0.2) is 33.3 Å². The monoisotopic (exact) mass is 686 g/mol. The normalized spacial score (nSPS) is 10.8. The molecule has 47 heavy (non-hydrogen) atoms. The molecule has 0 fully saturated rings. The summed E-state index contributed by atoms with van der Waals surface area (Å²) in [4.78, 5) is 72.9. The number of phosphoric acid groups is 1. The van der Waals surface area contributed by atoms with E-state index in [2.05, 4.69) is 39.5 Å². The first-order valence-electron chi connectivity index (χ1n) is 13.3. The molecule has 0 unspecified atom stereocenters. The predicted octanol–water partition coefficient (Wildman–Crippen LogP) is 3.84. The molecule has 17 heteroatoms. The molecular formula is C30H39O16P. The third-order valence-corrected chi connectivity index (χ3v) is 6.02. The van der Waals surface area contributed by atoms with Crippen molar-refractivity contribution >= 4 is 43.6 Å². The molecule has 16 nitrogen and oxygen atoms in total. The number of rotatable bonds is 21. The fourth-order valence-electron chi connectivity index (χ4n) is 2.16. The van der Waals surface area contributed by atoms with Crippen molar-refractivity contribution in [1.82, 2.24) is 0 Å². The highest BCUT2D eigenvalue weighted by molar-refractivity contribution is 7.48. The maximum absolute atomic E-state index is 13.8. The van der Waals surface area contributed by atoms with Crippen LogP contribution in [0.4, 0.5) is 0 Å². The van der Waals surface area contributed by atoms with E-state index >= 15 is 0 Å². The Labute approximate surface area is 272 Å². The van der Waals surface area contributed by atoms with Gasteiger partial charge in [-0.15, -0.1) is 0 Å². The molecule has 0 radical (unpaired) electrons. The van der Waals surface area contributed by atoms with Crippen molar-refractivity contribution < 1.29 is 75.3 Å². The van der Waals surface area contributed by atoms with Crippen molar-refractivity contribution in [2.24, 2.45) is 0 Å². The third-order valence-electron chi connectivity index (χ3n) is 4.63. The van der Waals surface area contributed by atoms with Gasteiger partial charge in [0.1, 0.15) is 19.8 Å². The Morgan fingerprint density at radius 1 is 0.404 bits per heavy atom. The van der Waals surface area contributed by atoms with Gasteiger partial charge in [0.25, 0.3) is 18.9 Å². The average Bonchev–Trinajstić information content (AvgIpc) is 2.96. The minimum Gasteiger partial charge on any atom is -0.419 e. The molecule has 0 aromatic rings. The summed E-state index contributed by atoms with van der Waals surface area (Å²) < 4.78 is 59.5. The van der Waals surface area contributed by atoms with Gasteiger partial charge in [-0.2, -0.15) is 0 Å². The van der Waals surface area contributed by atoms with E-state index in [1.54, 1.807) is 0 Å². The molecular weight excluding hydrogens is 647 g/mol. The highest BCUT2D eigenvalue weighted by Crippen LogP contribution is 2.50. The molecule has 260 valence electrons. The van der Waals surface area contributed by atoms with Gasteiger partial charge in [0.15, 0.2) is 0 Å². The van der Waals surface area contributed by atoms with Crippen LogP contribution in [0.2, 0.25) is 0 Å². The molecule has 0 atom stereocenters. The van der Waals surface area contributed by atoms with E-state index < -0.39 is 82.3 Å². The van der Waals surface area contributed by atoms with Gasteiger partial charge in [0.05, 0.1) is 0 Å². The summed E-state index contributed by atoms with van der Waals surface area (Å²) in [7, 11) is -5.07. The fourth-order valence-corrected chi connectivity index (χ4v) is 3.30. The van der Waals surface area contributed by atoms with Gasteiger partial charge in [0.2, 0.25) is 0 Å². The number of hydrogen-bond acceptors (Lipinski definition) is 16. The molecule has 0 aliphatic heterocycles. The van der Waals surface area contributed by atoms with Crippen LogP contribution in [0.3, 0.4) is 0 Å². The average molecular weight is 687 g/mol. The summed E-state index contributed by atoms with van der Waals surface area (Å²) >= 11 is 0. The molecule has 0 spiro atoms. The minimum atomic E-state index is -5.07. The summed E-state index contributed by atoms with van der Waals surface area (Å²) in [5.41, 5.74) is -0.666. The Balaban J connectivity index is 6.48. The van der Waals surface area contributed by atoms with Crippen LogP contribution < -0.4 is 0 Å². The molecule has 0 amide bonds. The molecule has 0 aromatic heterocycles. The van der Waals surface area contributed by atoms with Crippen molar-refractivity contribution in [3.8, 4) is 0 Å². The van der Waals surface area contributed by atoms with Gasteiger partial charge < -0.3 is 28.4 Å². The first-order valence-corrected chi connectivity index (χ1v) is 14.8. The summed E-state index contributed by atoms with van der Waals surface area (Å²) in [6.07, 6.45) is -5.67. The Morgan fingerprint density at radius 3 is 0.681 bits per heavy atom. The van der Waals surface area contributed by atoms with Crippen LogP contribution in [0, 0.1) is 0 Å². The zero-order valence-corrected chi connectivity index (χ0v) is 28.0. The molecule has 0 aliphatic rings. The van der Waals surface area contributed by atoms with Gasteiger partial charge in [0, 0.05) is 33.4 Å². The summed E-state index contributed by atoms with van der Waals surface area (Å²) in [6.45, 7) is 25.1. The second kappa shape index (κ2) is 19.8. The van der Waals surface area contributed by atoms with Crippen LogP contribution in [0.1, 0.15) is 41.5 Å². The number of carbonyl (C=O) groups excluding carboxylic acids is 6. The smallest absolute Gasteiger partial charge is 0.419 e. The van der Waals surface area contributed by atoms with Gasteiger partial charge in [-0.1, -0.05) is 39.5 Å². The summed E-state index contributed by atoms with van der Waals surface area (Å²) in [5.74, 6) is -6.24. The largest absolute Gasteiger partial charge is 0.475 e. The molecule has 0 saturated heterocycles. The number of hydrogen-bond donors (Lipinski definition) is 0. The van der Waals surface area contributed by atoms with Gasteiger partial charge in [-0.05, 0) is 41.5 Å². The molecule has 0 N–H and O–H groups in total. The zero-order valence-electron chi connectivity index (χ0n) is 27.1. The number of carbonyl (C=O) groups is 6. The maximum Gasteiger partial charge on any atom is 0.475 e. The van der Waals surface area contributed by atoms with Crippen LogP contribution in [-0.4, -0.2) is 74.5 Å². The van der Waals surface area contributed by atoms with E-state index in [1.165, 1.54) is 41.5 Å². The minimum absolute atomic E-state index is 0.111. The zero-order chi connectivity index (χ0) is 36.6. The van der Waals surface area contributed by atoms with Crippen molar-refractivity contribution in [2.75, 3.05) is 19.8 Å². The van der Waals surface area contributed by atoms with Crippen molar-refractivity contribution in [2.45, 2.75) is 60.4 Å². The highest BCUT2D eigenvalue weighted by Gasteiger charge is 2.36. The van der Waals surface area contributed by atoms with Crippen LogP contribution in [0.15, 0.2) is 72.9 Å². The Hall–Kier alpha value is -4.63. The van der Waals surface area contributed by atoms with E-state index in [0.29, 0.717) is 0 Å². The standard InChI is InChI=1S/C30H39O16P/c1-16(2)25(31)41-22(42-26(32)17(3)4)13-38-47(37,39-14-23(43-27(33)18(5)6)44-28(34)19(7)8)40-15-24(45-29(35)20(9)10)46-30(36)21(11)12/h22-24H,1,3,5,7,9,11,13-15H2,2,4,6,8,10,12H3.